The van der Waals surface area contributed by atoms with Gasteiger partial charge in [0.1, 0.15) is 17.2 Å². The molecule has 1 amide bonds. The zero-order valence-corrected chi connectivity index (χ0v) is 11.0. The molecular weight excluding hydrogens is 280 g/mol. The maximum atomic E-state index is 13.5. The lowest BCUT2D eigenvalue weighted by molar-refractivity contribution is -0.143. The lowest BCUT2D eigenvalue weighted by Crippen LogP contribution is -2.51. The van der Waals surface area contributed by atoms with E-state index >= 15 is 0 Å². The molecule has 0 aliphatic heterocycles. The molecule has 0 saturated carbocycles. The average Bonchev–Trinajstić information content (AvgIpc) is 2.33. The molecule has 1 rings (SSSR count). The van der Waals surface area contributed by atoms with Crippen molar-refractivity contribution in [2.24, 2.45) is 0 Å². The number of carbonyl (C=O) groups excluding carboxylic acids is 1. The molecule has 0 aromatic heterocycles. The van der Waals surface area contributed by atoms with E-state index in [4.69, 9.17) is 16.7 Å². The molecule has 1 atom stereocenters. The number of rotatable bonds is 4. The predicted octanol–water partition coefficient (Wildman–Crippen LogP) is 2.60. The SMILES string of the molecule is CCC(C)(NC(=O)c1cc(F)c(Cl)cc1F)C(=O)O. The standard InChI is InChI=1S/C12H12ClF2NO3/c1-3-12(2,11(18)19)16-10(17)6-4-9(15)7(13)5-8(6)14/h4-5H,3H2,1-2H3,(H,16,17)(H,18,19). The first-order valence-electron chi connectivity index (χ1n) is 5.41. The van der Waals surface area contributed by atoms with Crippen LogP contribution in [0.4, 0.5) is 8.78 Å². The molecule has 0 heterocycles. The summed E-state index contributed by atoms with van der Waals surface area (Å²) in [5.74, 6) is -4.26. The summed E-state index contributed by atoms with van der Waals surface area (Å²) in [6.45, 7) is 2.82. The van der Waals surface area contributed by atoms with Gasteiger partial charge in [0, 0.05) is 0 Å². The lowest BCUT2D eigenvalue weighted by Gasteiger charge is -2.24. The number of hydrogen-bond acceptors (Lipinski definition) is 2. The maximum Gasteiger partial charge on any atom is 0.329 e. The lowest BCUT2D eigenvalue weighted by atomic mass is 9.98. The largest absolute Gasteiger partial charge is 0.480 e. The minimum absolute atomic E-state index is 0.0891. The van der Waals surface area contributed by atoms with E-state index < -0.39 is 39.6 Å². The van der Waals surface area contributed by atoms with Crippen molar-refractivity contribution in [2.45, 2.75) is 25.8 Å². The van der Waals surface area contributed by atoms with Crippen LogP contribution >= 0.6 is 11.6 Å². The molecule has 104 valence electrons. The van der Waals surface area contributed by atoms with E-state index in [1.165, 1.54) is 6.92 Å². The van der Waals surface area contributed by atoms with Crippen molar-refractivity contribution in [3.05, 3.63) is 34.4 Å². The summed E-state index contributed by atoms with van der Waals surface area (Å²) in [4.78, 5) is 22.8. The van der Waals surface area contributed by atoms with Crippen molar-refractivity contribution in [2.75, 3.05) is 0 Å². The molecule has 0 saturated heterocycles. The van der Waals surface area contributed by atoms with Gasteiger partial charge in [-0.3, -0.25) is 4.79 Å². The van der Waals surface area contributed by atoms with Gasteiger partial charge >= 0.3 is 5.97 Å². The van der Waals surface area contributed by atoms with E-state index in [0.29, 0.717) is 12.1 Å². The van der Waals surface area contributed by atoms with Crippen LogP contribution in [0, 0.1) is 11.6 Å². The summed E-state index contributed by atoms with van der Waals surface area (Å²) in [5, 5.41) is 10.7. The highest BCUT2D eigenvalue weighted by atomic mass is 35.5. The molecule has 0 spiro atoms. The molecule has 0 aliphatic rings. The van der Waals surface area contributed by atoms with Crippen molar-refractivity contribution < 1.29 is 23.5 Å². The van der Waals surface area contributed by atoms with Crippen molar-refractivity contribution in [1.29, 1.82) is 0 Å². The minimum atomic E-state index is -1.56. The van der Waals surface area contributed by atoms with Crippen molar-refractivity contribution in [1.82, 2.24) is 5.32 Å². The summed E-state index contributed by atoms with van der Waals surface area (Å²) in [6.07, 6.45) is 0.0891. The summed E-state index contributed by atoms with van der Waals surface area (Å²) in [5.41, 5.74) is -2.15. The highest BCUT2D eigenvalue weighted by Crippen LogP contribution is 2.20. The van der Waals surface area contributed by atoms with Crippen molar-refractivity contribution in [3.8, 4) is 0 Å². The van der Waals surface area contributed by atoms with E-state index in [9.17, 15) is 18.4 Å². The number of benzene rings is 1. The Bertz CT molecular complexity index is 536. The van der Waals surface area contributed by atoms with Crippen LogP contribution in [0.2, 0.25) is 5.02 Å². The van der Waals surface area contributed by atoms with Gasteiger partial charge in [-0.15, -0.1) is 0 Å². The second-order valence-electron chi connectivity index (χ2n) is 4.19. The Morgan fingerprint density at radius 3 is 2.42 bits per heavy atom. The fourth-order valence-corrected chi connectivity index (χ4v) is 1.46. The van der Waals surface area contributed by atoms with Crippen LogP contribution in [-0.4, -0.2) is 22.5 Å². The molecule has 1 unspecified atom stereocenters. The summed E-state index contributed by atoms with van der Waals surface area (Å²) >= 11 is 5.36. The van der Waals surface area contributed by atoms with Crippen LogP contribution in [0.5, 0.6) is 0 Å². The molecule has 0 bridgehead atoms. The molecule has 0 radical (unpaired) electrons. The predicted molar refractivity (Wildman–Crippen MR) is 65.2 cm³/mol. The van der Waals surface area contributed by atoms with Crippen LogP contribution in [0.3, 0.4) is 0 Å². The zero-order chi connectivity index (χ0) is 14.8. The third-order valence-corrected chi connectivity index (χ3v) is 3.11. The second kappa shape index (κ2) is 5.52. The van der Waals surface area contributed by atoms with Gasteiger partial charge in [-0.1, -0.05) is 18.5 Å². The highest BCUT2D eigenvalue weighted by molar-refractivity contribution is 6.30. The molecule has 19 heavy (non-hydrogen) atoms. The Hall–Kier alpha value is -1.69. The molecule has 7 heteroatoms. The van der Waals surface area contributed by atoms with Crippen molar-refractivity contribution >= 4 is 23.5 Å². The van der Waals surface area contributed by atoms with E-state index in [0.717, 1.165) is 0 Å². The molecule has 4 nitrogen and oxygen atoms in total. The fraction of sp³-hybridized carbons (Fsp3) is 0.333. The number of carboxylic acids is 1. The van der Waals surface area contributed by atoms with Gasteiger partial charge in [-0.25, -0.2) is 13.6 Å². The first-order chi connectivity index (χ1) is 8.71. The van der Waals surface area contributed by atoms with Gasteiger partial charge in [0.2, 0.25) is 0 Å². The Morgan fingerprint density at radius 2 is 1.95 bits per heavy atom. The molecule has 2 N–H and O–H groups in total. The second-order valence-corrected chi connectivity index (χ2v) is 4.60. The summed E-state index contributed by atoms with van der Waals surface area (Å²) < 4.78 is 26.7. The van der Waals surface area contributed by atoms with Gasteiger partial charge in [-0.2, -0.15) is 0 Å². The van der Waals surface area contributed by atoms with Gasteiger partial charge in [-0.05, 0) is 25.5 Å². The average molecular weight is 292 g/mol. The third-order valence-electron chi connectivity index (χ3n) is 2.82. The van der Waals surface area contributed by atoms with Crippen LogP contribution in [0.25, 0.3) is 0 Å². The normalized spacial score (nSPS) is 13.7. The van der Waals surface area contributed by atoms with E-state index in [2.05, 4.69) is 5.32 Å². The van der Waals surface area contributed by atoms with Crippen LogP contribution in [0.1, 0.15) is 30.6 Å². The van der Waals surface area contributed by atoms with Gasteiger partial charge in [0.05, 0.1) is 10.6 Å². The monoisotopic (exact) mass is 291 g/mol. The van der Waals surface area contributed by atoms with Crippen molar-refractivity contribution in [3.63, 3.8) is 0 Å². The number of aliphatic carboxylic acids is 1. The number of amides is 1. The summed E-state index contributed by atoms with van der Waals surface area (Å²) in [7, 11) is 0. The third kappa shape index (κ3) is 3.20. The molecular formula is C12H12ClF2NO3. The van der Waals surface area contributed by atoms with Crippen LogP contribution < -0.4 is 5.32 Å². The minimum Gasteiger partial charge on any atom is -0.480 e. The molecule has 0 aliphatic carbocycles. The number of nitrogens with one attached hydrogen (secondary N) is 1. The molecule has 0 fully saturated rings. The van der Waals surface area contributed by atoms with Crippen LogP contribution in [0.15, 0.2) is 12.1 Å². The van der Waals surface area contributed by atoms with Gasteiger partial charge in [0.25, 0.3) is 5.91 Å². The quantitative estimate of drug-likeness (QED) is 0.838. The molecule has 1 aromatic rings. The first-order valence-corrected chi connectivity index (χ1v) is 5.79. The van der Waals surface area contributed by atoms with Gasteiger partial charge < -0.3 is 10.4 Å². The first kappa shape index (κ1) is 15.4. The smallest absolute Gasteiger partial charge is 0.329 e. The highest BCUT2D eigenvalue weighted by Gasteiger charge is 2.33. The van der Waals surface area contributed by atoms with E-state index in [1.54, 1.807) is 6.92 Å². The Balaban J connectivity index is 3.08. The van der Waals surface area contributed by atoms with E-state index in [1.807, 2.05) is 0 Å². The number of carbonyl (C=O) groups is 2. The number of carboxylic acid groups (broad SMARTS) is 1. The zero-order valence-electron chi connectivity index (χ0n) is 10.3. The van der Waals surface area contributed by atoms with Crippen LogP contribution in [-0.2, 0) is 4.79 Å². The Kier molecular flexibility index (Phi) is 4.47. The summed E-state index contributed by atoms with van der Waals surface area (Å²) in [6, 6.07) is 1.29. The Labute approximate surface area is 113 Å². The number of hydrogen-bond donors (Lipinski definition) is 2. The number of halogens is 3. The van der Waals surface area contributed by atoms with E-state index in [-0.39, 0.29) is 6.42 Å². The fourth-order valence-electron chi connectivity index (χ4n) is 1.31. The van der Waals surface area contributed by atoms with Gasteiger partial charge in [0.15, 0.2) is 0 Å². The topological polar surface area (TPSA) is 66.4 Å². The molecule has 1 aromatic carbocycles. The maximum absolute atomic E-state index is 13.5. The Morgan fingerprint density at radius 1 is 1.37 bits per heavy atom.